The van der Waals surface area contributed by atoms with Crippen molar-refractivity contribution in [3.63, 3.8) is 0 Å². The van der Waals surface area contributed by atoms with Gasteiger partial charge in [-0.15, -0.1) is 0 Å². The molecule has 5 rings (SSSR count). The van der Waals surface area contributed by atoms with Crippen LogP contribution < -0.4 is 0 Å². The molecule has 128 valence electrons. The molecule has 4 heteroatoms. The number of fused-ring (bicyclic) bond motifs is 1. The summed E-state index contributed by atoms with van der Waals surface area (Å²) in [5.74, 6) is -0.804. The fraction of sp³-hybridized carbons (Fsp3) is 0. The molecular weight excluding hydrogens is 336 g/mol. The van der Waals surface area contributed by atoms with E-state index < -0.39 is 11.8 Å². The SMILES string of the molecule is O=C1c2cccc3cccc(c23)C(=O)N1/N=C/c1cccc2ccccc12. The van der Waals surface area contributed by atoms with Crippen molar-refractivity contribution >= 4 is 39.6 Å². The number of carbonyl (C=O) groups is 2. The minimum atomic E-state index is -0.402. The third-order valence-corrected chi connectivity index (χ3v) is 4.89. The van der Waals surface area contributed by atoms with Crippen LogP contribution in [0.2, 0.25) is 0 Å². The molecule has 1 heterocycles. The Hall–Kier alpha value is -3.79. The topological polar surface area (TPSA) is 49.7 Å². The number of nitrogens with zero attached hydrogens (tertiary/aromatic N) is 2. The van der Waals surface area contributed by atoms with Crippen LogP contribution in [0.15, 0.2) is 84.0 Å². The first-order valence-electron chi connectivity index (χ1n) is 8.66. The second kappa shape index (κ2) is 5.88. The van der Waals surface area contributed by atoms with E-state index >= 15 is 0 Å². The molecule has 0 spiro atoms. The monoisotopic (exact) mass is 350 g/mol. The first-order valence-corrected chi connectivity index (χ1v) is 8.66. The number of hydrogen-bond donors (Lipinski definition) is 0. The predicted molar refractivity (Wildman–Crippen MR) is 106 cm³/mol. The van der Waals surface area contributed by atoms with Crippen molar-refractivity contribution in [2.75, 3.05) is 0 Å². The number of hydrazone groups is 1. The van der Waals surface area contributed by atoms with Gasteiger partial charge in [0.25, 0.3) is 11.8 Å². The zero-order chi connectivity index (χ0) is 18.4. The van der Waals surface area contributed by atoms with Crippen LogP contribution in [-0.2, 0) is 0 Å². The maximum Gasteiger partial charge on any atom is 0.282 e. The molecule has 0 saturated heterocycles. The van der Waals surface area contributed by atoms with Crippen LogP contribution in [-0.4, -0.2) is 23.0 Å². The Balaban J connectivity index is 1.61. The molecule has 27 heavy (non-hydrogen) atoms. The van der Waals surface area contributed by atoms with Crippen LogP contribution in [0.4, 0.5) is 0 Å². The fourth-order valence-corrected chi connectivity index (χ4v) is 3.61. The lowest BCUT2D eigenvalue weighted by molar-refractivity contribution is 0.0616. The molecule has 0 N–H and O–H groups in total. The van der Waals surface area contributed by atoms with E-state index in [4.69, 9.17) is 0 Å². The van der Waals surface area contributed by atoms with Gasteiger partial charge in [0, 0.05) is 10.9 Å². The van der Waals surface area contributed by atoms with Gasteiger partial charge in [-0.05, 0) is 28.3 Å². The molecule has 0 saturated carbocycles. The second-order valence-electron chi connectivity index (χ2n) is 6.44. The van der Waals surface area contributed by atoms with Crippen molar-refractivity contribution in [2.45, 2.75) is 0 Å². The van der Waals surface area contributed by atoms with Gasteiger partial charge in [-0.25, -0.2) is 0 Å². The van der Waals surface area contributed by atoms with Gasteiger partial charge >= 0.3 is 0 Å². The number of imide groups is 1. The van der Waals surface area contributed by atoms with Crippen molar-refractivity contribution in [1.29, 1.82) is 0 Å². The largest absolute Gasteiger partial charge is 0.282 e. The van der Waals surface area contributed by atoms with Crippen LogP contribution in [0.1, 0.15) is 26.3 Å². The summed E-state index contributed by atoms with van der Waals surface area (Å²) in [6.45, 7) is 0. The van der Waals surface area contributed by atoms with Crippen LogP contribution >= 0.6 is 0 Å². The average Bonchev–Trinajstić information content (AvgIpc) is 2.72. The van der Waals surface area contributed by atoms with Crippen LogP contribution in [0.5, 0.6) is 0 Å². The molecular formula is C23H14N2O2. The van der Waals surface area contributed by atoms with E-state index in [1.807, 2.05) is 66.7 Å². The Morgan fingerprint density at radius 3 is 2.00 bits per heavy atom. The average molecular weight is 350 g/mol. The Kier molecular flexibility index (Phi) is 3.37. The van der Waals surface area contributed by atoms with E-state index in [0.29, 0.717) is 16.5 Å². The lowest BCUT2D eigenvalue weighted by Crippen LogP contribution is -2.36. The van der Waals surface area contributed by atoms with Crippen LogP contribution in [0, 0.1) is 0 Å². The zero-order valence-electron chi connectivity index (χ0n) is 14.3. The molecule has 4 aromatic rings. The Labute approximate surface area is 155 Å². The van der Waals surface area contributed by atoms with Crippen LogP contribution in [0.3, 0.4) is 0 Å². The highest BCUT2D eigenvalue weighted by molar-refractivity contribution is 6.25. The maximum absolute atomic E-state index is 12.9. The highest BCUT2D eigenvalue weighted by Gasteiger charge is 2.32. The smallest absolute Gasteiger partial charge is 0.267 e. The van der Waals surface area contributed by atoms with Gasteiger partial charge in [-0.3, -0.25) is 9.59 Å². The molecule has 0 bridgehead atoms. The summed E-state index contributed by atoms with van der Waals surface area (Å²) < 4.78 is 0. The lowest BCUT2D eigenvalue weighted by Gasteiger charge is -2.23. The first-order chi connectivity index (χ1) is 13.2. The first kappa shape index (κ1) is 15.5. The molecule has 2 amide bonds. The lowest BCUT2D eigenvalue weighted by atomic mass is 9.95. The molecule has 0 unspecified atom stereocenters. The number of benzene rings is 4. The van der Waals surface area contributed by atoms with Gasteiger partial charge in [0.2, 0.25) is 0 Å². The highest BCUT2D eigenvalue weighted by Crippen LogP contribution is 2.30. The fourth-order valence-electron chi connectivity index (χ4n) is 3.61. The van der Waals surface area contributed by atoms with Gasteiger partial charge < -0.3 is 0 Å². The van der Waals surface area contributed by atoms with Gasteiger partial charge in [-0.2, -0.15) is 10.1 Å². The summed E-state index contributed by atoms with van der Waals surface area (Å²) in [6, 6.07) is 24.7. The summed E-state index contributed by atoms with van der Waals surface area (Å²) in [5, 5.41) is 8.89. The van der Waals surface area contributed by atoms with Crippen LogP contribution in [0.25, 0.3) is 21.5 Å². The Bertz CT molecular complexity index is 1220. The van der Waals surface area contributed by atoms with E-state index in [2.05, 4.69) is 5.10 Å². The third kappa shape index (κ3) is 2.34. The van der Waals surface area contributed by atoms with E-state index in [1.54, 1.807) is 18.3 Å². The zero-order valence-corrected chi connectivity index (χ0v) is 14.3. The Morgan fingerprint density at radius 1 is 0.667 bits per heavy atom. The maximum atomic E-state index is 12.9. The van der Waals surface area contributed by atoms with E-state index in [0.717, 1.165) is 26.7 Å². The predicted octanol–water partition coefficient (Wildman–Crippen LogP) is 4.62. The van der Waals surface area contributed by atoms with Crippen molar-refractivity contribution in [1.82, 2.24) is 5.01 Å². The molecule has 0 atom stereocenters. The van der Waals surface area contributed by atoms with Gasteiger partial charge in [0.1, 0.15) is 0 Å². The van der Waals surface area contributed by atoms with Crippen molar-refractivity contribution in [2.24, 2.45) is 5.10 Å². The molecule has 1 aliphatic heterocycles. The van der Waals surface area contributed by atoms with E-state index in [1.165, 1.54) is 0 Å². The molecule has 4 aromatic carbocycles. The summed E-state index contributed by atoms with van der Waals surface area (Å²) in [7, 11) is 0. The summed E-state index contributed by atoms with van der Waals surface area (Å²) >= 11 is 0. The second-order valence-corrected chi connectivity index (χ2v) is 6.44. The summed E-state index contributed by atoms with van der Waals surface area (Å²) in [6.07, 6.45) is 1.58. The third-order valence-electron chi connectivity index (χ3n) is 4.89. The standard InChI is InChI=1S/C23H14N2O2/c26-22-19-12-4-8-16-9-5-13-20(21(16)19)23(27)25(22)24-14-17-10-3-7-15-6-1-2-11-18(15)17/h1-14H/b24-14+. The highest BCUT2D eigenvalue weighted by atomic mass is 16.2. The van der Waals surface area contributed by atoms with Gasteiger partial charge in [0.15, 0.2) is 0 Å². The van der Waals surface area contributed by atoms with E-state index in [-0.39, 0.29) is 0 Å². The van der Waals surface area contributed by atoms with Gasteiger partial charge in [0.05, 0.1) is 17.3 Å². The van der Waals surface area contributed by atoms with E-state index in [9.17, 15) is 9.59 Å². The van der Waals surface area contributed by atoms with Crippen molar-refractivity contribution in [3.05, 3.63) is 95.6 Å². The normalized spacial score (nSPS) is 13.9. The quantitative estimate of drug-likeness (QED) is 0.391. The summed E-state index contributed by atoms with van der Waals surface area (Å²) in [4.78, 5) is 25.8. The molecule has 0 fully saturated rings. The number of hydrogen-bond acceptors (Lipinski definition) is 3. The minimum absolute atomic E-state index is 0.402. The molecule has 4 nitrogen and oxygen atoms in total. The summed E-state index contributed by atoms with van der Waals surface area (Å²) in [5.41, 5.74) is 1.85. The Morgan fingerprint density at radius 2 is 1.26 bits per heavy atom. The number of amides is 2. The minimum Gasteiger partial charge on any atom is -0.267 e. The van der Waals surface area contributed by atoms with Gasteiger partial charge in [-0.1, -0.05) is 66.7 Å². The molecule has 1 aliphatic rings. The number of rotatable bonds is 2. The van der Waals surface area contributed by atoms with Crippen molar-refractivity contribution in [3.8, 4) is 0 Å². The molecule has 0 aromatic heterocycles. The number of carbonyl (C=O) groups excluding carboxylic acids is 2. The molecule has 0 radical (unpaired) electrons. The molecule has 0 aliphatic carbocycles. The van der Waals surface area contributed by atoms with Crippen molar-refractivity contribution < 1.29 is 9.59 Å².